The summed E-state index contributed by atoms with van der Waals surface area (Å²) in [6, 6.07) is 11.9. The summed E-state index contributed by atoms with van der Waals surface area (Å²) in [7, 11) is 1.74. The van der Waals surface area contributed by atoms with Gasteiger partial charge in [-0.3, -0.25) is 9.69 Å². The second kappa shape index (κ2) is 9.51. The van der Waals surface area contributed by atoms with Gasteiger partial charge in [-0.15, -0.1) is 11.3 Å². The quantitative estimate of drug-likeness (QED) is 0.496. The second-order valence-electron chi connectivity index (χ2n) is 8.63. The molecule has 1 aromatic carbocycles. The van der Waals surface area contributed by atoms with Crippen molar-refractivity contribution in [3.8, 4) is 5.75 Å². The number of anilines is 1. The molecule has 2 aromatic heterocycles. The lowest BCUT2D eigenvalue weighted by atomic mass is 9.87. The highest BCUT2D eigenvalue weighted by Crippen LogP contribution is 2.47. The lowest BCUT2D eigenvalue weighted by Gasteiger charge is -2.36. The Labute approximate surface area is 193 Å². The van der Waals surface area contributed by atoms with Gasteiger partial charge in [-0.05, 0) is 75.4 Å². The highest BCUT2D eigenvalue weighted by Gasteiger charge is 2.34. The van der Waals surface area contributed by atoms with Crippen molar-refractivity contribution in [1.82, 2.24) is 4.90 Å². The average molecular weight is 451 g/mol. The molecule has 0 radical (unpaired) electrons. The Bertz CT molecular complexity index is 1070. The van der Waals surface area contributed by atoms with Gasteiger partial charge >= 0.3 is 0 Å². The monoisotopic (exact) mass is 450 g/mol. The van der Waals surface area contributed by atoms with Crippen LogP contribution in [0.15, 0.2) is 47.1 Å². The molecule has 1 N–H and O–H groups in total. The van der Waals surface area contributed by atoms with E-state index in [2.05, 4.69) is 22.3 Å². The number of nitrogens with zero attached hydrogens (tertiary/aromatic N) is 1. The van der Waals surface area contributed by atoms with Crippen molar-refractivity contribution in [2.24, 2.45) is 0 Å². The van der Waals surface area contributed by atoms with E-state index in [1.165, 1.54) is 53.7 Å². The number of amides is 1. The van der Waals surface area contributed by atoms with Crippen LogP contribution in [0.5, 0.6) is 5.75 Å². The Kier molecular flexibility index (Phi) is 6.32. The molecular formula is C26H30N2O3S. The zero-order valence-electron chi connectivity index (χ0n) is 18.6. The van der Waals surface area contributed by atoms with Gasteiger partial charge in [0.2, 0.25) is 0 Å². The van der Waals surface area contributed by atoms with Crippen LogP contribution in [0.2, 0.25) is 0 Å². The molecule has 0 unspecified atom stereocenters. The first-order valence-electron chi connectivity index (χ1n) is 11.6. The molecule has 5 nitrogen and oxygen atoms in total. The van der Waals surface area contributed by atoms with E-state index in [9.17, 15) is 4.79 Å². The number of hydrogen-bond donors (Lipinski definition) is 1. The molecule has 1 fully saturated rings. The smallest absolute Gasteiger partial charge is 0.291 e. The first kappa shape index (κ1) is 21.3. The van der Waals surface area contributed by atoms with Gasteiger partial charge in [0, 0.05) is 16.0 Å². The Hall–Kier alpha value is -2.57. The van der Waals surface area contributed by atoms with Crippen molar-refractivity contribution in [3.05, 3.63) is 70.0 Å². The Morgan fingerprint density at radius 3 is 2.66 bits per heavy atom. The highest BCUT2D eigenvalue weighted by atomic mass is 32.1. The van der Waals surface area contributed by atoms with Crippen LogP contribution in [-0.2, 0) is 12.8 Å². The Morgan fingerprint density at radius 1 is 1.06 bits per heavy atom. The molecule has 0 saturated carbocycles. The Balaban J connectivity index is 1.64. The number of aryl methyl sites for hydroxylation is 1. The van der Waals surface area contributed by atoms with Crippen LogP contribution in [0.4, 0.5) is 5.00 Å². The summed E-state index contributed by atoms with van der Waals surface area (Å²) in [5.74, 6) is 1.06. The third-order valence-electron chi connectivity index (χ3n) is 6.65. The molecule has 1 amide bonds. The molecule has 2 aliphatic rings. The molecule has 1 atom stereocenters. The zero-order chi connectivity index (χ0) is 21.9. The second-order valence-corrected chi connectivity index (χ2v) is 9.73. The lowest BCUT2D eigenvalue weighted by Crippen LogP contribution is -2.35. The minimum Gasteiger partial charge on any atom is -0.496 e. The molecule has 168 valence electrons. The molecule has 3 heterocycles. The zero-order valence-corrected chi connectivity index (χ0v) is 19.4. The van der Waals surface area contributed by atoms with Crippen molar-refractivity contribution in [3.63, 3.8) is 0 Å². The van der Waals surface area contributed by atoms with Gasteiger partial charge in [0.1, 0.15) is 10.8 Å². The van der Waals surface area contributed by atoms with E-state index in [4.69, 9.17) is 9.15 Å². The van der Waals surface area contributed by atoms with Gasteiger partial charge < -0.3 is 14.5 Å². The molecule has 1 saturated heterocycles. The maximum Gasteiger partial charge on any atom is 0.291 e. The minimum absolute atomic E-state index is 0.0662. The van der Waals surface area contributed by atoms with Crippen LogP contribution in [0.25, 0.3) is 0 Å². The minimum atomic E-state index is -0.188. The first-order valence-corrected chi connectivity index (χ1v) is 12.4. The van der Waals surface area contributed by atoms with Crippen LogP contribution in [-0.4, -0.2) is 31.0 Å². The van der Waals surface area contributed by atoms with E-state index in [0.717, 1.165) is 36.7 Å². The molecule has 3 aromatic rings. The van der Waals surface area contributed by atoms with Gasteiger partial charge in [0.15, 0.2) is 5.76 Å². The topological polar surface area (TPSA) is 54.7 Å². The highest BCUT2D eigenvalue weighted by molar-refractivity contribution is 7.16. The number of fused-ring (bicyclic) bond motifs is 1. The number of nitrogens with one attached hydrogen (secondary N) is 1. The summed E-state index contributed by atoms with van der Waals surface area (Å²) in [5, 5.41) is 4.17. The number of carbonyl (C=O) groups excluding carboxylic acids is 1. The van der Waals surface area contributed by atoms with Gasteiger partial charge in [-0.2, -0.15) is 0 Å². The van der Waals surface area contributed by atoms with E-state index in [-0.39, 0.29) is 11.9 Å². The molecule has 1 aliphatic carbocycles. The molecule has 0 spiro atoms. The maximum atomic E-state index is 13.0. The van der Waals surface area contributed by atoms with E-state index in [0.29, 0.717) is 5.76 Å². The van der Waals surface area contributed by atoms with E-state index in [1.807, 2.05) is 12.1 Å². The fourth-order valence-corrected chi connectivity index (χ4v) is 6.47. The van der Waals surface area contributed by atoms with Gasteiger partial charge in [0.25, 0.3) is 5.91 Å². The molecule has 6 heteroatoms. The number of methoxy groups -OCH3 is 1. The van der Waals surface area contributed by atoms with E-state index >= 15 is 0 Å². The summed E-state index contributed by atoms with van der Waals surface area (Å²) in [6.07, 6.45) is 9.78. The third-order valence-corrected chi connectivity index (χ3v) is 7.87. The first-order chi connectivity index (χ1) is 15.8. The van der Waals surface area contributed by atoms with Crippen molar-refractivity contribution in [1.29, 1.82) is 0 Å². The Morgan fingerprint density at radius 2 is 1.88 bits per heavy atom. The number of rotatable bonds is 6. The van der Waals surface area contributed by atoms with Crippen LogP contribution >= 0.6 is 11.3 Å². The number of furan rings is 1. The van der Waals surface area contributed by atoms with Crippen molar-refractivity contribution >= 4 is 22.2 Å². The predicted molar refractivity (Wildman–Crippen MR) is 128 cm³/mol. The summed E-state index contributed by atoms with van der Waals surface area (Å²) in [5.41, 5.74) is 3.87. The van der Waals surface area contributed by atoms with Crippen molar-refractivity contribution < 1.29 is 13.9 Å². The number of carbonyl (C=O) groups is 1. The summed E-state index contributed by atoms with van der Waals surface area (Å²) < 4.78 is 11.2. The largest absolute Gasteiger partial charge is 0.496 e. The standard InChI is InChI=1S/C26H30N2O3S/c1-30-20-12-5-3-10-18(20)24(28-15-7-2-8-16-28)23-19-11-4-6-14-22(19)32-26(23)27-25(29)21-13-9-17-31-21/h3,5,9-10,12-13,17,24H,2,4,6-8,11,14-16H2,1H3,(H,27,29)/t24-/m0/s1. The van der Waals surface area contributed by atoms with Crippen LogP contribution in [0, 0.1) is 0 Å². The fraction of sp³-hybridized carbons (Fsp3) is 0.423. The van der Waals surface area contributed by atoms with Crippen molar-refractivity contribution in [2.75, 3.05) is 25.5 Å². The maximum absolute atomic E-state index is 13.0. The number of para-hydroxylation sites is 1. The lowest BCUT2D eigenvalue weighted by molar-refractivity contribution is 0.0996. The van der Waals surface area contributed by atoms with Gasteiger partial charge in [-0.25, -0.2) is 0 Å². The van der Waals surface area contributed by atoms with Gasteiger partial charge in [0.05, 0.1) is 19.4 Å². The third kappa shape index (κ3) is 4.09. The number of likely N-dealkylation sites (tertiary alicyclic amines) is 1. The van der Waals surface area contributed by atoms with Crippen molar-refractivity contribution in [2.45, 2.75) is 51.0 Å². The number of thiophene rings is 1. The van der Waals surface area contributed by atoms with E-state index < -0.39 is 0 Å². The summed E-state index contributed by atoms with van der Waals surface area (Å²) >= 11 is 1.75. The van der Waals surface area contributed by atoms with Gasteiger partial charge in [-0.1, -0.05) is 24.6 Å². The predicted octanol–water partition coefficient (Wildman–Crippen LogP) is 6.06. The fourth-order valence-electron chi connectivity index (χ4n) is 5.15. The molecule has 32 heavy (non-hydrogen) atoms. The number of piperidine rings is 1. The number of ether oxygens (including phenoxy) is 1. The van der Waals surface area contributed by atoms with E-state index in [1.54, 1.807) is 36.8 Å². The summed E-state index contributed by atoms with van der Waals surface area (Å²) in [6.45, 7) is 2.11. The van der Waals surface area contributed by atoms with Crippen LogP contribution in [0.1, 0.15) is 70.3 Å². The number of hydrogen-bond acceptors (Lipinski definition) is 5. The summed E-state index contributed by atoms with van der Waals surface area (Å²) in [4.78, 5) is 17.0. The molecule has 0 bridgehead atoms. The molecular weight excluding hydrogens is 420 g/mol. The van der Waals surface area contributed by atoms with Crippen LogP contribution in [0.3, 0.4) is 0 Å². The molecule has 1 aliphatic heterocycles. The average Bonchev–Trinajstić information content (AvgIpc) is 3.49. The normalized spacial score (nSPS) is 17.5. The SMILES string of the molecule is COc1ccccc1[C@@H](c1c(NC(=O)c2ccco2)sc2c1CCCC2)N1CCCCC1. The molecule has 5 rings (SSSR count). The number of benzene rings is 1. The van der Waals surface area contributed by atoms with Crippen LogP contribution < -0.4 is 10.1 Å².